The minimum Gasteiger partial charge on any atom is -0.299 e. The van der Waals surface area contributed by atoms with Gasteiger partial charge in [0.15, 0.2) is 0 Å². The average Bonchev–Trinajstić information content (AvgIpc) is 2.36. The fourth-order valence-corrected chi connectivity index (χ4v) is 2.25. The Bertz CT molecular complexity index is 594. The van der Waals surface area contributed by atoms with Gasteiger partial charge in [-0.2, -0.15) is 0 Å². The Hall–Kier alpha value is -1.38. The molecule has 2 aromatic rings. The van der Waals surface area contributed by atoms with Crippen LogP contribution in [0.1, 0.15) is 11.1 Å². The van der Waals surface area contributed by atoms with Gasteiger partial charge in [0, 0.05) is 22.9 Å². The molecular weight excluding hydrogens is 286 g/mol. The number of hydrogen-bond acceptors (Lipinski definition) is 1. The lowest BCUT2D eigenvalue weighted by atomic mass is 10.0. The first kappa shape index (κ1) is 14.0. The van der Waals surface area contributed by atoms with Crippen LogP contribution in [0.15, 0.2) is 42.5 Å². The van der Waals surface area contributed by atoms with Crippen LogP contribution >= 0.6 is 23.2 Å². The van der Waals surface area contributed by atoms with Crippen molar-refractivity contribution in [2.45, 2.75) is 12.8 Å². The van der Waals surface area contributed by atoms with Crippen LogP contribution in [0.25, 0.3) is 0 Å². The molecule has 19 heavy (non-hydrogen) atoms. The first-order valence-electron chi connectivity index (χ1n) is 5.74. The van der Waals surface area contributed by atoms with E-state index in [1.807, 2.05) is 0 Å². The van der Waals surface area contributed by atoms with Crippen LogP contribution in [-0.2, 0) is 17.6 Å². The first-order valence-corrected chi connectivity index (χ1v) is 6.50. The molecule has 0 heterocycles. The zero-order chi connectivity index (χ0) is 13.8. The quantitative estimate of drug-likeness (QED) is 0.812. The minimum atomic E-state index is -0.308. The molecule has 2 rings (SSSR count). The molecule has 0 radical (unpaired) electrons. The van der Waals surface area contributed by atoms with Gasteiger partial charge in [0.2, 0.25) is 0 Å². The molecule has 0 spiro atoms. The van der Waals surface area contributed by atoms with Crippen LogP contribution in [0, 0.1) is 5.82 Å². The van der Waals surface area contributed by atoms with E-state index in [0.717, 1.165) is 11.1 Å². The van der Waals surface area contributed by atoms with Gasteiger partial charge in [0.25, 0.3) is 0 Å². The Labute approximate surface area is 121 Å². The van der Waals surface area contributed by atoms with E-state index in [2.05, 4.69) is 0 Å². The van der Waals surface area contributed by atoms with E-state index in [1.54, 1.807) is 30.3 Å². The summed E-state index contributed by atoms with van der Waals surface area (Å²) in [4.78, 5) is 11.9. The molecule has 98 valence electrons. The number of Topliss-reactive ketones (excluding diaryl/α,β-unsaturated/α-hetero) is 1. The standard InChI is InChI=1S/C15H11Cl2FO/c16-12-4-3-11(15(17)9-12)8-14(19)7-10-1-5-13(18)6-2-10/h1-6,9H,7-8H2. The molecule has 0 aromatic heterocycles. The summed E-state index contributed by atoms with van der Waals surface area (Å²) < 4.78 is 12.7. The second kappa shape index (κ2) is 6.18. The predicted octanol–water partition coefficient (Wildman–Crippen LogP) is 4.49. The Morgan fingerprint density at radius 1 is 1.00 bits per heavy atom. The van der Waals surface area contributed by atoms with E-state index in [1.165, 1.54) is 12.1 Å². The van der Waals surface area contributed by atoms with Crippen LogP contribution in [0.4, 0.5) is 4.39 Å². The van der Waals surface area contributed by atoms with Crippen molar-refractivity contribution in [3.8, 4) is 0 Å². The van der Waals surface area contributed by atoms with E-state index in [4.69, 9.17) is 23.2 Å². The number of halogens is 3. The van der Waals surface area contributed by atoms with E-state index in [9.17, 15) is 9.18 Å². The van der Waals surface area contributed by atoms with Crippen LogP contribution in [0.2, 0.25) is 10.0 Å². The van der Waals surface area contributed by atoms with E-state index >= 15 is 0 Å². The maximum atomic E-state index is 12.7. The molecular formula is C15H11Cl2FO. The molecule has 4 heteroatoms. The minimum absolute atomic E-state index is 0.0239. The molecule has 0 aliphatic carbocycles. The van der Waals surface area contributed by atoms with Crippen molar-refractivity contribution >= 4 is 29.0 Å². The SMILES string of the molecule is O=C(Cc1ccc(F)cc1)Cc1ccc(Cl)cc1Cl. The highest BCUT2D eigenvalue weighted by Crippen LogP contribution is 2.21. The third kappa shape index (κ3) is 4.05. The van der Waals surface area contributed by atoms with Crippen LogP contribution in [-0.4, -0.2) is 5.78 Å². The summed E-state index contributed by atoms with van der Waals surface area (Å²) in [6.45, 7) is 0. The predicted molar refractivity (Wildman–Crippen MR) is 75.3 cm³/mol. The van der Waals surface area contributed by atoms with E-state index in [-0.39, 0.29) is 24.4 Å². The summed E-state index contributed by atoms with van der Waals surface area (Å²) in [5.74, 6) is -0.284. The van der Waals surface area contributed by atoms with Gasteiger partial charge in [-0.3, -0.25) is 4.79 Å². The summed E-state index contributed by atoms with van der Waals surface area (Å²) in [5, 5.41) is 1.03. The Morgan fingerprint density at radius 3 is 2.32 bits per heavy atom. The molecule has 0 saturated carbocycles. The average molecular weight is 297 g/mol. The second-order valence-corrected chi connectivity index (χ2v) is 5.10. The molecule has 0 N–H and O–H groups in total. The lowest BCUT2D eigenvalue weighted by Gasteiger charge is -2.04. The van der Waals surface area contributed by atoms with Crippen molar-refractivity contribution in [1.29, 1.82) is 0 Å². The third-order valence-electron chi connectivity index (χ3n) is 2.72. The van der Waals surface area contributed by atoms with Gasteiger partial charge in [-0.05, 0) is 35.4 Å². The van der Waals surface area contributed by atoms with E-state index in [0.29, 0.717) is 10.0 Å². The van der Waals surface area contributed by atoms with Gasteiger partial charge in [-0.15, -0.1) is 0 Å². The Balaban J connectivity index is 2.03. The highest BCUT2D eigenvalue weighted by Gasteiger charge is 2.08. The zero-order valence-electron chi connectivity index (χ0n) is 10.00. The second-order valence-electron chi connectivity index (χ2n) is 4.25. The van der Waals surface area contributed by atoms with E-state index < -0.39 is 0 Å². The van der Waals surface area contributed by atoms with Crippen LogP contribution in [0.5, 0.6) is 0 Å². The van der Waals surface area contributed by atoms with Gasteiger partial charge in [-0.1, -0.05) is 41.4 Å². The number of carbonyl (C=O) groups excluding carboxylic acids is 1. The first-order chi connectivity index (χ1) is 9.04. The molecule has 1 nitrogen and oxygen atoms in total. The normalized spacial score (nSPS) is 10.5. The van der Waals surface area contributed by atoms with Crippen molar-refractivity contribution in [1.82, 2.24) is 0 Å². The van der Waals surface area contributed by atoms with Crippen molar-refractivity contribution < 1.29 is 9.18 Å². The van der Waals surface area contributed by atoms with Gasteiger partial charge >= 0.3 is 0 Å². The smallest absolute Gasteiger partial charge is 0.141 e. The number of rotatable bonds is 4. The molecule has 0 unspecified atom stereocenters. The number of ketones is 1. The Morgan fingerprint density at radius 2 is 1.68 bits per heavy atom. The molecule has 0 amide bonds. The van der Waals surface area contributed by atoms with Gasteiger partial charge in [0.05, 0.1) is 0 Å². The largest absolute Gasteiger partial charge is 0.299 e. The monoisotopic (exact) mass is 296 g/mol. The summed E-state index contributed by atoms with van der Waals surface area (Å²) >= 11 is 11.8. The van der Waals surface area contributed by atoms with Crippen molar-refractivity contribution in [2.24, 2.45) is 0 Å². The molecule has 0 atom stereocenters. The molecule has 0 fully saturated rings. The van der Waals surface area contributed by atoms with Crippen molar-refractivity contribution in [3.63, 3.8) is 0 Å². The van der Waals surface area contributed by atoms with Crippen LogP contribution < -0.4 is 0 Å². The number of carbonyl (C=O) groups is 1. The Kier molecular flexibility index (Phi) is 4.56. The lowest BCUT2D eigenvalue weighted by molar-refractivity contribution is -0.117. The fraction of sp³-hybridized carbons (Fsp3) is 0.133. The summed E-state index contributed by atoms with van der Waals surface area (Å²) in [6.07, 6.45) is 0.507. The third-order valence-corrected chi connectivity index (χ3v) is 3.30. The summed E-state index contributed by atoms with van der Waals surface area (Å²) in [7, 11) is 0. The summed E-state index contributed by atoms with van der Waals surface area (Å²) in [5.41, 5.74) is 1.54. The molecule has 0 aliphatic rings. The molecule has 0 bridgehead atoms. The fourth-order valence-electron chi connectivity index (χ4n) is 1.77. The maximum Gasteiger partial charge on any atom is 0.141 e. The molecule has 2 aromatic carbocycles. The maximum absolute atomic E-state index is 12.7. The number of benzene rings is 2. The lowest BCUT2D eigenvalue weighted by Crippen LogP contribution is -2.07. The summed E-state index contributed by atoms with van der Waals surface area (Å²) in [6, 6.07) is 11.0. The molecule has 0 saturated heterocycles. The topological polar surface area (TPSA) is 17.1 Å². The highest BCUT2D eigenvalue weighted by atomic mass is 35.5. The van der Waals surface area contributed by atoms with Gasteiger partial charge < -0.3 is 0 Å². The van der Waals surface area contributed by atoms with Gasteiger partial charge in [-0.25, -0.2) is 4.39 Å². The van der Waals surface area contributed by atoms with Gasteiger partial charge in [0.1, 0.15) is 11.6 Å². The molecule has 0 aliphatic heterocycles. The van der Waals surface area contributed by atoms with Crippen LogP contribution in [0.3, 0.4) is 0 Å². The highest BCUT2D eigenvalue weighted by molar-refractivity contribution is 6.35. The van der Waals surface area contributed by atoms with Crippen molar-refractivity contribution in [2.75, 3.05) is 0 Å². The van der Waals surface area contributed by atoms with Crippen molar-refractivity contribution in [3.05, 3.63) is 69.5 Å². The number of hydrogen-bond donors (Lipinski definition) is 0. The zero-order valence-corrected chi connectivity index (χ0v) is 11.5.